The zero-order chi connectivity index (χ0) is 28.1. The van der Waals surface area contributed by atoms with Crippen LogP contribution < -0.4 is 20.1 Å². The second kappa shape index (κ2) is 12.0. The van der Waals surface area contributed by atoms with Gasteiger partial charge in [-0.15, -0.1) is 0 Å². The van der Waals surface area contributed by atoms with Gasteiger partial charge in [0.2, 0.25) is 11.8 Å². The lowest BCUT2D eigenvalue weighted by molar-refractivity contribution is -0.141. The molecular formula is C25H41N5O7S. The number of alkyl carbamates (subject to hydrolysis) is 1. The number of amides is 4. The Morgan fingerprint density at radius 1 is 1.16 bits per heavy atom. The van der Waals surface area contributed by atoms with E-state index in [1.165, 1.54) is 4.90 Å². The molecule has 2 fully saturated rings. The maximum Gasteiger partial charge on any atom is 0.408 e. The van der Waals surface area contributed by atoms with Crippen molar-refractivity contribution in [2.24, 2.45) is 5.92 Å². The lowest BCUT2D eigenvalue weighted by atomic mass is 10.0. The Labute approximate surface area is 224 Å². The molecule has 4 N–H and O–H groups in total. The van der Waals surface area contributed by atoms with Crippen LogP contribution in [0.4, 0.5) is 4.79 Å². The zero-order valence-electron chi connectivity index (χ0n) is 22.7. The van der Waals surface area contributed by atoms with E-state index < -0.39 is 51.3 Å². The van der Waals surface area contributed by atoms with E-state index in [4.69, 9.17) is 4.74 Å². The van der Waals surface area contributed by atoms with Crippen LogP contribution in [0.25, 0.3) is 0 Å². The number of carbonyl (C=O) groups excluding carboxylic acids is 4. The number of nitrogens with one attached hydrogen (secondary N) is 4. The lowest BCUT2D eigenvalue weighted by Crippen LogP contribution is -2.59. The molecule has 0 radical (unpaired) electrons. The van der Waals surface area contributed by atoms with Crippen molar-refractivity contribution in [2.45, 2.75) is 102 Å². The van der Waals surface area contributed by atoms with E-state index in [-0.39, 0.29) is 24.8 Å². The summed E-state index contributed by atoms with van der Waals surface area (Å²) in [6.07, 6.45) is 7.81. The van der Waals surface area contributed by atoms with Gasteiger partial charge in [-0.05, 0) is 59.3 Å². The molecule has 4 amide bonds. The molecule has 4 unspecified atom stereocenters. The SMILES string of the molecule is CCNS(=O)(=O)NC(=O)C12CC1/C=C\CCCCCC(NC(=O)OC(C)(C)C)C(=O)N1CCCC1C(=O)N2. The maximum atomic E-state index is 13.6. The molecule has 12 nitrogen and oxygen atoms in total. The summed E-state index contributed by atoms with van der Waals surface area (Å²) < 4.78 is 34.0. The van der Waals surface area contributed by atoms with Crippen LogP contribution in [0.15, 0.2) is 12.2 Å². The Hall–Kier alpha value is -2.67. The quantitative estimate of drug-likeness (QED) is 0.371. The predicted molar refractivity (Wildman–Crippen MR) is 140 cm³/mol. The van der Waals surface area contributed by atoms with Gasteiger partial charge in [-0.25, -0.2) is 9.52 Å². The van der Waals surface area contributed by atoms with Crippen LogP contribution in [0, 0.1) is 5.92 Å². The summed E-state index contributed by atoms with van der Waals surface area (Å²) >= 11 is 0. The average molecular weight is 556 g/mol. The summed E-state index contributed by atoms with van der Waals surface area (Å²) in [5.74, 6) is -2.07. The molecule has 0 spiro atoms. The van der Waals surface area contributed by atoms with E-state index in [9.17, 15) is 27.6 Å². The van der Waals surface area contributed by atoms with Crippen LogP contribution in [0.1, 0.15) is 79.1 Å². The van der Waals surface area contributed by atoms with Gasteiger partial charge in [0.1, 0.15) is 23.2 Å². The highest BCUT2D eigenvalue weighted by atomic mass is 32.2. The molecule has 0 aromatic rings. The third kappa shape index (κ3) is 7.68. The standard InChI is InChI=1S/C25H41N5O7S/c1-5-26-38(35,36)29-22(33)25-16-17(25)12-9-7-6-8-10-13-18(27-23(34)37-24(2,3)4)21(32)30-15-11-14-19(30)20(31)28-25/h9,12,17-19,26H,5-8,10-11,13-16H2,1-4H3,(H,27,34)(H,28,31)(H,29,33)/b12-9-. The van der Waals surface area contributed by atoms with Gasteiger partial charge in [-0.2, -0.15) is 13.1 Å². The van der Waals surface area contributed by atoms with Crippen molar-refractivity contribution in [3.63, 3.8) is 0 Å². The van der Waals surface area contributed by atoms with E-state index in [0.29, 0.717) is 32.2 Å². The molecule has 13 heteroatoms. The van der Waals surface area contributed by atoms with E-state index in [1.54, 1.807) is 27.7 Å². The van der Waals surface area contributed by atoms with Crippen molar-refractivity contribution in [2.75, 3.05) is 13.1 Å². The number of hydrogen-bond donors (Lipinski definition) is 4. The fourth-order valence-electron chi connectivity index (χ4n) is 4.98. The van der Waals surface area contributed by atoms with Gasteiger partial charge in [0.05, 0.1) is 0 Å². The van der Waals surface area contributed by atoms with Gasteiger partial charge >= 0.3 is 16.3 Å². The second-order valence-corrected chi connectivity index (χ2v) is 12.7. The van der Waals surface area contributed by atoms with Gasteiger partial charge in [0.25, 0.3) is 5.91 Å². The van der Waals surface area contributed by atoms with Crippen molar-refractivity contribution in [1.82, 2.24) is 25.0 Å². The van der Waals surface area contributed by atoms with Crippen LogP contribution in [0.3, 0.4) is 0 Å². The summed E-state index contributed by atoms with van der Waals surface area (Å²) in [6, 6.07) is -1.69. The normalized spacial score (nSPS) is 29.6. The number of ether oxygens (including phenoxy) is 1. The molecule has 38 heavy (non-hydrogen) atoms. The number of rotatable bonds is 5. The molecular weight excluding hydrogens is 514 g/mol. The first-order valence-electron chi connectivity index (χ1n) is 13.4. The highest BCUT2D eigenvalue weighted by molar-refractivity contribution is 7.88. The summed E-state index contributed by atoms with van der Waals surface area (Å²) in [6.45, 7) is 7.23. The first kappa shape index (κ1) is 29.9. The Morgan fingerprint density at radius 3 is 2.58 bits per heavy atom. The first-order valence-corrected chi connectivity index (χ1v) is 14.9. The lowest BCUT2D eigenvalue weighted by Gasteiger charge is -2.30. The summed E-state index contributed by atoms with van der Waals surface area (Å²) in [7, 11) is -4.07. The highest BCUT2D eigenvalue weighted by Crippen LogP contribution is 2.45. The number of nitrogens with zero attached hydrogens (tertiary/aromatic N) is 1. The second-order valence-electron chi connectivity index (χ2n) is 11.2. The molecule has 1 aliphatic carbocycles. The summed E-state index contributed by atoms with van der Waals surface area (Å²) in [5.41, 5.74) is -2.15. The molecule has 214 valence electrons. The van der Waals surface area contributed by atoms with E-state index in [1.807, 2.05) is 16.9 Å². The number of fused-ring (bicyclic) bond motifs is 2. The minimum atomic E-state index is -4.07. The largest absolute Gasteiger partial charge is 0.444 e. The smallest absolute Gasteiger partial charge is 0.408 e. The number of hydrogen-bond acceptors (Lipinski definition) is 7. The molecule has 2 aliphatic heterocycles. The Balaban J connectivity index is 1.83. The molecule has 4 atom stereocenters. The topological polar surface area (TPSA) is 163 Å². The number of carbonyl (C=O) groups is 4. The molecule has 3 aliphatic rings. The molecule has 0 aromatic carbocycles. The van der Waals surface area contributed by atoms with Crippen LogP contribution >= 0.6 is 0 Å². The van der Waals surface area contributed by atoms with Crippen LogP contribution in [0.2, 0.25) is 0 Å². The molecule has 3 rings (SSSR count). The summed E-state index contributed by atoms with van der Waals surface area (Å²) in [4.78, 5) is 54.1. The number of allylic oxidation sites excluding steroid dienone is 1. The van der Waals surface area contributed by atoms with E-state index in [2.05, 4.69) is 15.4 Å². The van der Waals surface area contributed by atoms with Crippen molar-refractivity contribution in [3.05, 3.63) is 12.2 Å². The van der Waals surface area contributed by atoms with Gasteiger partial charge in [0, 0.05) is 19.0 Å². The van der Waals surface area contributed by atoms with E-state index in [0.717, 1.165) is 19.3 Å². The zero-order valence-corrected chi connectivity index (χ0v) is 23.5. The fourth-order valence-corrected chi connectivity index (χ4v) is 5.86. The van der Waals surface area contributed by atoms with Crippen LogP contribution in [0.5, 0.6) is 0 Å². The van der Waals surface area contributed by atoms with Crippen LogP contribution in [-0.4, -0.2) is 73.4 Å². The van der Waals surface area contributed by atoms with Gasteiger partial charge in [-0.1, -0.05) is 31.9 Å². The Kier molecular flexibility index (Phi) is 9.45. The molecule has 1 saturated heterocycles. The Bertz CT molecular complexity index is 1050. The van der Waals surface area contributed by atoms with Crippen molar-refractivity contribution in [3.8, 4) is 0 Å². The highest BCUT2D eigenvalue weighted by Gasteiger charge is 2.61. The van der Waals surface area contributed by atoms with Gasteiger partial charge in [-0.3, -0.25) is 14.4 Å². The molecule has 1 saturated carbocycles. The molecule has 0 bridgehead atoms. The molecule has 0 aromatic heterocycles. The Morgan fingerprint density at radius 2 is 1.89 bits per heavy atom. The first-order chi connectivity index (χ1) is 17.8. The van der Waals surface area contributed by atoms with Crippen molar-refractivity contribution >= 4 is 34.0 Å². The van der Waals surface area contributed by atoms with Gasteiger partial charge in [0.15, 0.2) is 0 Å². The minimum Gasteiger partial charge on any atom is -0.444 e. The average Bonchev–Trinajstić information content (AvgIpc) is 3.26. The third-order valence-electron chi connectivity index (χ3n) is 6.89. The van der Waals surface area contributed by atoms with Crippen LogP contribution in [-0.2, 0) is 29.3 Å². The fraction of sp³-hybridized carbons (Fsp3) is 0.760. The van der Waals surface area contributed by atoms with Gasteiger partial charge < -0.3 is 20.3 Å². The maximum absolute atomic E-state index is 13.6. The predicted octanol–water partition coefficient (Wildman–Crippen LogP) is 1.24. The van der Waals surface area contributed by atoms with Crippen molar-refractivity contribution in [1.29, 1.82) is 0 Å². The molecule has 2 heterocycles. The summed E-state index contributed by atoms with van der Waals surface area (Å²) in [5, 5.41) is 5.47. The monoisotopic (exact) mass is 555 g/mol. The van der Waals surface area contributed by atoms with E-state index >= 15 is 0 Å². The van der Waals surface area contributed by atoms with Crippen molar-refractivity contribution < 1.29 is 32.3 Å². The minimum absolute atomic E-state index is 0.100. The third-order valence-corrected chi connectivity index (χ3v) is 8.01.